The van der Waals surface area contributed by atoms with Crippen molar-refractivity contribution in [2.24, 2.45) is 0 Å². The zero-order valence-electron chi connectivity index (χ0n) is 13.7. The number of anilines is 1. The molecule has 132 valence electrons. The molecular formula is C17H14N4O2S3. The van der Waals surface area contributed by atoms with E-state index in [0.717, 1.165) is 36.1 Å². The number of nitrogens with zero attached hydrogens (tertiary/aromatic N) is 3. The third kappa shape index (κ3) is 3.53. The summed E-state index contributed by atoms with van der Waals surface area (Å²) in [4.78, 5) is 14.4. The van der Waals surface area contributed by atoms with E-state index >= 15 is 0 Å². The fourth-order valence-electron chi connectivity index (χ4n) is 2.83. The molecule has 0 unspecified atom stereocenters. The van der Waals surface area contributed by atoms with Crippen LogP contribution in [0.5, 0.6) is 0 Å². The zero-order valence-corrected chi connectivity index (χ0v) is 16.1. The number of nitrogens with one attached hydrogen (secondary N) is 1. The maximum absolute atomic E-state index is 12.3. The van der Waals surface area contributed by atoms with E-state index in [1.165, 1.54) is 39.3 Å². The van der Waals surface area contributed by atoms with Crippen LogP contribution in [0.3, 0.4) is 0 Å². The fourth-order valence-corrected chi connectivity index (χ4v) is 5.29. The molecule has 4 rings (SSSR count). The van der Waals surface area contributed by atoms with Crippen LogP contribution in [0.15, 0.2) is 27.2 Å². The first-order valence-corrected chi connectivity index (χ1v) is 10.8. The van der Waals surface area contributed by atoms with Crippen molar-refractivity contribution in [3.05, 3.63) is 33.5 Å². The van der Waals surface area contributed by atoms with Crippen LogP contribution < -0.4 is 5.32 Å². The summed E-state index contributed by atoms with van der Waals surface area (Å²) in [7, 11) is 0. The van der Waals surface area contributed by atoms with Crippen LogP contribution in [0, 0.1) is 11.3 Å². The Balaban J connectivity index is 1.39. The third-order valence-electron chi connectivity index (χ3n) is 4.00. The van der Waals surface area contributed by atoms with Gasteiger partial charge in [-0.15, -0.1) is 32.9 Å². The van der Waals surface area contributed by atoms with Crippen LogP contribution in [-0.2, 0) is 17.6 Å². The number of aryl methyl sites for hydroxylation is 1. The molecule has 1 aliphatic rings. The van der Waals surface area contributed by atoms with Crippen molar-refractivity contribution < 1.29 is 9.21 Å². The Morgan fingerprint density at radius 1 is 1.38 bits per heavy atom. The van der Waals surface area contributed by atoms with Gasteiger partial charge in [0.25, 0.3) is 11.1 Å². The maximum Gasteiger partial charge on any atom is 0.277 e. The smallest absolute Gasteiger partial charge is 0.277 e. The van der Waals surface area contributed by atoms with Gasteiger partial charge in [-0.25, -0.2) is 0 Å². The summed E-state index contributed by atoms with van der Waals surface area (Å²) >= 11 is 4.23. The molecule has 0 aliphatic heterocycles. The van der Waals surface area contributed by atoms with Crippen LogP contribution in [-0.4, -0.2) is 21.9 Å². The van der Waals surface area contributed by atoms with Gasteiger partial charge in [-0.2, -0.15) is 5.26 Å². The average Bonchev–Trinajstić information content (AvgIpc) is 3.38. The van der Waals surface area contributed by atoms with Gasteiger partial charge >= 0.3 is 0 Å². The molecule has 26 heavy (non-hydrogen) atoms. The van der Waals surface area contributed by atoms with Gasteiger partial charge in [-0.3, -0.25) is 4.79 Å². The van der Waals surface area contributed by atoms with Gasteiger partial charge in [-0.05, 0) is 42.7 Å². The van der Waals surface area contributed by atoms with Crippen LogP contribution in [0.2, 0.25) is 0 Å². The van der Waals surface area contributed by atoms with E-state index in [1.54, 1.807) is 0 Å². The summed E-state index contributed by atoms with van der Waals surface area (Å²) in [6.45, 7) is 0. The highest BCUT2D eigenvalue weighted by Crippen LogP contribution is 2.37. The lowest BCUT2D eigenvalue weighted by Crippen LogP contribution is -2.14. The Morgan fingerprint density at radius 2 is 2.27 bits per heavy atom. The predicted octanol–water partition coefficient (Wildman–Crippen LogP) is 4.34. The van der Waals surface area contributed by atoms with Crippen LogP contribution in [0.25, 0.3) is 10.8 Å². The number of carbonyl (C=O) groups excluding carboxylic acids is 1. The summed E-state index contributed by atoms with van der Waals surface area (Å²) in [6.07, 6.45) is 4.16. The van der Waals surface area contributed by atoms with Gasteiger partial charge in [0, 0.05) is 4.88 Å². The summed E-state index contributed by atoms with van der Waals surface area (Å²) in [6, 6.07) is 6.07. The third-order valence-corrected chi connectivity index (χ3v) is 6.88. The quantitative estimate of drug-likeness (QED) is 0.638. The molecule has 0 spiro atoms. The van der Waals surface area contributed by atoms with Gasteiger partial charge < -0.3 is 9.73 Å². The standard InChI is InChI=1S/C17H14N4O2S3/c18-8-11-10-4-1-2-5-12(10)26-16(11)19-14(22)9-25-17-21-20-15(23-17)13-6-3-7-24-13/h3,6-7H,1-2,4-5,9H2,(H,19,22). The van der Waals surface area contributed by atoms with Gasteiger partial charge in [0.15, 0.2) is 0 Å². The highest BCUT2D eigenvalue weighted by atomic mass is 32.2. The van der Waals surface area contributed by atoms with Crippen molar-refractivity contribution >= 4 is 45.3 Å². The van der Waals surface area contributed by atoms with Crippen molar-refractivity contribution in [3.8, 4) is 16.8 Å². The minimum Gasteiger partial charge on any atom is -0.410 e. The second-order valence-corrected chi connectivity index (χ2v) is 8.69. The van der Waals surface area contributed by atoms with Gasteiger partial charge in [0.05, 0.1) is 16.2 Å². The number of rotatable bonds is 5. The number of hydrogen-bond donors (Lipinski definition) is 1. The number of thiophene rings is 2. The van der Waals surface area contributed by atoms with Gasteiger partial charge in [0.2, 0.25) is 5.91 Å². The number of nitriles is 1. The van der Waals surface area contributed by atoms with Gasteiger partial charge in [0.1, 0.15) is 11.1 Å². The Labute approximate surface area is 162 Å². The van der Waals surface area contributed by atoms with E-state index in [0.29, 0.717) is 21.7 Å². The Hall–Kier alpha value is -2.15. The topological polar surface area (TPSA) is 91.8 Å². The number of thioether (sulfide) groups is 1. The largest absolute Gasteiger partial charge is 0.410 e. The molecule has 1 aliphatic carbocycles. The molecule has 3 aromatic rings. The summed E-state index contributed by atoms with van der Waals surface area (Å²) in [5, 5.41) is 23.2. The van der Waals surface area contributed by atoms with Crippen molar-refractivity contribution in [2.75, 3.05) is 11.1 Å². The molecule has 0 aromatic carbocycles. The minimum atomic E-state index is -0.180. The molecule has 0 fully saturated rings. The summed E-state index contributed by atoms with van der Waals surface area (Å²) < 4.78 is 5.56. The molecule has 3 aromatic heterocycles. The molecule has 0 atom stereocenters. The normalized spacial score (nSPS) is 13.2. The average molecular weight is 403 g/mol. The number of hydrogen-bond acceptors (Lipinski definition) is 8. The SMILES string of the molecule is N#Cc1c(NC(=O)CSc2nnc(-c3cccs3)o2)sc2c1CCCC2. The van der Waals surface area contributed by atoms with E-state index in [2.05, 4.69) is 21.6 Å². The Kier molecular flexibility index (Phi) is 5.06. The predicted molar refractivity (Wildman–Crippen MR) is 103 cm³/mol. The summed E-state index contributed by atoms with van der Waals surface area (Å²) in [5.74, 6) is 0.432. The van der Waals surface area contributed by atoms with Crippen molar-refractivity contribution in [1.82, 2.24) is 10.2 Å². The van der Waals surface area contributed by atoms with Crippen LogP contribution in [0.1, 0.15) is 28.8 Å². The molecule has 1 amide bonds. The monoisotopic (exact) mass is 402 g/mol. The number of carbonyl (C=O) groups is 1. The first-order valence-electron chi connectivity index (χ1n) is 8.09. The molecule has 1 N–H and O–H groups in total. The number of amides is 1. The van der Waals surface area contributed by atoms with Crippen molar-refractivity contribution in [1.29, 1.82) is 5.26 Å². The minimum absolute atomic E-state index is 0.152. The second-order valence-electron chi connectivity index (χ2n) is 5.71. The molecular weight excluding hydrogens is 388 g/mol. The lowest BCUT2D eigenvalue weighted by atomic mass is 9.96. The number of fused-ring (bicyclic) bond motifs is 1. The van der Waals surface area contributed by atoms with E-state index in [4.69, 9.17) is 4.42 Å². The first kappa shape index (κ1) is 17.3. The molecule has 0 saturated carbocycles. The zero-order chi connectivity index (χ0) is 17.9. The van der Waals surface area contributed by atoms with Crippen LogP contribution >= 0.6 is 34.4 Å². The Morgan fingerprint density at radius 3 is 3.08 bits per heavy atom. The van der Waals surface area contributed by atoms with Crippen molar-refractivity contribution in [2.45, 2.75) is 30.9 Å². The molecule has 0 bridgehead atoms. The summed E-state index contributed by atoms with van der Waals surface area (Å²) in [5.41, 5.74) is 1.74. The van der Waals surface area contributed by atoms with Gasteiger partial charge in [-0.1, -0.05) is 17.8 Å². The van der Waals surface area contributed by atoms with Crippen molar-refractivity contribution in [3.63, 3.8) is 0 Å². The van der Waals surface area contributed by atoms with E-state index in [9.17, 15) is 10.1 Å². The molecule has 9 heteroatoms. The fraction of sp³-hybridized carbons (Fsp3) is 0.294. The highest BCUT2D eigenvalue weighted by molar-refractivity contribution is 7.99. The van der Waals surface area contributed by atoms with E-state index < -0.39 is 0 Å². The Bertz CT molecular complexity index is 969. The molecule has 0 saturated heterocycles. The lowest BCUT2D eigenvalue weighted by molar-refractivity contribution is -0.113. The lowest BCUT2D eigenvalue weighted by Gasteiger charge is -2.09. The van der Waals surface area contributed by atoms with E-state index in [-0.39, 0.29) is 11.7 Å². The molecule has 6 nitrogen and oxygen atoms in total. The second kappa shape index (κ2) is 7.61. The first-order chi connectivity index (χ1) is 12.7. The highest BCUT2D eigenvalue weighted by Gasteiger charge is 2.22. The molecule has 3 heterocycles. The number of aromatic nitrogens is 2. The molecule has 0 radical (unpaired) electrons. The van der Waals surface area contributed by atoms with E-state index in [1.807, 2.05) is 17.5 Å². The van der Waals surface area contributed by atoms with Crippen LogP contribution in [0.4, 0.5) is 5.00 Å². The maximum atomic E-state index is 12.3.